The van der Waals surface area contributed by atoms with Gasteiger partial charge in [-0.15, -0.1) is 0 Å². The van der Waals surface area contributed by atoms with Crippen LogP contribution in [0.4, 0.5) is 5.69 Å². The monoisotopic (exact) mass is 308 g/mol. The first-order valence-corrected chi connectivity index (χ1v) is 7.33. The molecule has 0 unspecified atom stereocenters. The molecule has 0 fully saturated rings. The number of anilines is 1. The summed E-state index contributed by atoms with van der Waals surface area (Å²) in [6, 6.07) is 22.7. The second-order valence-electron chi connectivity index (χ2n) is 5.24. The Morgan fingerprint density at radius 3 is 2.17 bits per heavy atom. The molecule has 0 aliphatic carbocycles. The van der Waals surface area contributed by atoms with Crippen LogP contribution in [-0.4, -0.2) is 17.1 Å². The van der Waals surface area contributed by atoms with Crippen LogP contribution in [0.1, 0.15) is 5.56 Å². The topological polar surface area (TPSA) is 89.3 Å². The SMILES string of the molecule is N[C@@H](Cc1ccccc1)C(=O)O.Nc1ccc2ccccc2c1. The molecule has 0 heterocycles. The Labute approximate surface area is 135 Å². The van der Waals surface area contributed by atoms with Crippen LogP contribution in [0.3, 0.4) is 0 Å². The van der Waals surface area contributed by atoms with Crippen molar-refractivity contribution in [3.8, 4) is 0 Å². The largest absolute Gasteiger partial charge is 0.480 e. The maximum absolute atomic E-state index is 10.4. The van der Waals surface area contributed by atoms with Gasteiger partial charge in [-0.05, 0) is 34.9 Å². The summed E-state index contributed by atoms with van der Waals surface area (Å²) in [7, 11) is 0. The minimum Gasteiger partial charge on any atom is -0.480 e. The molecule has 0 saturated carbocycles. The second kappa shape index (κ2) is 7.96. The van der Waals surface area contributed by atoms with Crippen molar-refractivity contribution < 1.29 is 9.90 Å². The van der Waals surface area contributed by atoms with Gasteiger partial charge in [-0.1, -0.05) is 60.7 Å². The number of carboxylic acid groups (broad SMARTS) is 1. The molecule has 118 valence electrons. The average molecular weight is 308 g/mol. The average Bonchev–Trinajstić information content (AvgIpc) is 2.56. The van der Waals surface area contributed by atoms with Gasteiger partial charge in [-0.3, -0.25) is 4.79 Å². The van der Waals surface area contributed by atoms with Crippen LogP contribution >= 0.6 is 0 Å². The minimum absolute atomic E-state index is 0.385. The highest BCUT2D eigenvalue weighted by molar-refractivity contribution is 5.85. The van der Waals surface area contributed by atoms with Crippen LogP contribution in [-0.2, 0) is 11.2 Å². The summed E-state index contributed by atoms with van der Waals surface area (Å²) in [6.07, 6.45) is 0.385. The van der Waals surface area contributed by atoms with E-state index in [-0.39, 0.29) is 0 Å². The molecule has 0 bridgehead atoms. The zero-order valence-corrected chi connectivity index (χ0v) is 12.7. The zero-order valence-electron chi connectivity index (χ0n) is 12.7. The van der Waals surface area contributed by atoms with Crippen LogP contribution in [0, 0.1) is 0 Å². The van der Waals surface area contributed by atoms with Gasteiger partial charge in [0.25, 0.3) is 0 Å². The fraction of sp³-hybridized carbons (Fsp3) is 0.105. The summed E-state index contributed by atoms with van der Waals surface area (Å²) in [4.78, 5) is 10.4. The smallest absolute Gasteiger partial charge is 0.320 e. The molecule has 3 rings (SSSR count). The van der Waals surface area contributed by atoms with Gasteiger partial charge in [0.2, 0.25) is 0 Å². The Morgan fingerprint density at radius 2 is 1.52 bits per heavy atom. The van der Waals surface area contributed by atoms with Crippen molar-refractivity contribution in [1.82, 2.24) is 0 Å². The van der Waals surface area contributed by atoms with E-state index >= 15 is 0 Å². The number of benzene rings is 3. The van der Waals surface area contributed by atoms with Crippen LogP contribution in [0.25, 0.3) is 10.8 Å². The number of rotatable bonds is 3. The van der Waals surface area contributed by atoms with E-state index in [2.05, 4.69) is 12.1 Å². The number of hydrogen-bond acceptors (Lipinski definition) is 3. The summed E-state index contributed by atoms with van der Waals surface area (Å²) < 4.78 is 0. The molecule has 3 aromatic rings. The molecule has 3 aromatic carbocycles. The number of hydrogen-bond donors (Lipinski definition) is 3. The van der Waals surface area contributed by atoms with Gasteiger partial charge in [0.05, 0.1) is 0 Å². The molecule has 0 saturated heterocycles. The van der Waals surface area contributed by atoms with Gasteiger partial charge in [-0.2, -0.15) is 0 Å². The van der Waals surface area contributed by atoms with Gasteiger partial charge in [0, 0.05) is 5.69 Å². The lowest BCUT2D eigenvalue weighted by Crippen LogP contribution is -2.32. The van der Waals surface area contributed by atoms with E-state index in [1.54, 1.807) is 0 Å². The number of nitrogens with two attached hydrogens (primary N) is 2. The molecule has 0 aliphatic rings. The lowest BCUT2D eigenvalue weighted by molar-refractivity contribution is -0.138. The van der Waals surface area contributed by atoms with E-state index in [4.69, 9.17) is 16.6 Å². The molecule has 5 N–H and O–H groups in total. The van der Waals surface area contributed by atoms with Gasteiger partial charge in [-0.25, -0.2) is 0 Å². The lowest BCUT2D eigenvalue weighted by atomic mass is 10.1. The molecule has 1 atom stereocenters. The van der Waals surface area contributed by atoms with E-state index in [0.717, 1.165) is 11.3 Å². The highest BCUT2D eigenvalue weighted by Gasteiger charge is 2.10. The predicted molar refractivity (Wildman–Crippen MR) is 94.1 cm³/mol. The molecule has 0 aromatic heterocycles. The quantitative estimate of drug-likeness (QED) is 0.649. The molecule has 0 radical (unpaired) electrons. The van der Waals surface area contributed by atoms with Crippen molar-refractivity contribution in [1.29, 1.82) is 0 Å². The van der Waals surface area contributed by atoms with Crippen molar-refractivity contribution in [2.45, 2.75) is 12.5 Å². The number of fused-ring (bicyclic) bond motifs is 1. The number of carboxylic acids is 1. The first-order valence-electron chi connectivity index (χ1n) is 7.33. The van der Waals surface area contributed by atoms with Crippen molar-refractivity contribution in [3.05, 3.63) is 78.4 Å². The fourth-order valence-corrected chi connectivity index (χ4v) is 2.16. The summed E-state index contributed by atoms with van der Waals surface area (Å²) in [5.41, 5.74) is 12.7. The molecule has 0 aliphatic heterocycles. The van der Waals surface area contributed by atoms with Crippen molar-refractivity contribution in [2.75, 3.05) is 5.73 Å². The first-order chi connectivity index (χ1) is 11.1. The molecule has 0 amide bonds. The molecule has 4 heteroatoms. The highest BCUT2D eigenvalue weighted by Crippen LogP contribution is 2.16. The lowest BCUT2D eigenvalue weighted by Gasteiger charge is -2.04. The van der Waals surface area contributed by atoms with Crippen molar-refractivity contribution in [2.24, 2.45) is 5.73 Å². The molecular weight excluding hydrogens is 288 g/mol. The Hall–Kier alpha value is -2.85. The number of aliphatic carboxylic acids is 1. The van der Waals surface area contributed by atoms with Gasteiger partial charge in [0.1, 0.15) is 6.04 Å². The Bertz CT molecular complexity index is 772. The van der Waals surface area contributed by atoms with E-state index in [9.17, 15) is 4.79 Å². The summed E-state index contributed by atoms with van der Waals surface area (Å²) in [5.74, 6) is -0.959. The molecule has 0 spiro atoms. The molecule has 4 nitrogen and oxygen atoms in total. The van der Waals surface area contributed by atoms with E-state index < -0.39 is 12.0 Å². The van der Waals surface area contributed by atoms with E-state index in [1.807, 2.05) is 60.7 Å². The Balaban J connectivity index is 0.000000167. The van der Waals surface area contributed by atoms with Gasteiger partial charge >= 0.3 is 5.97 Å². The van der Waals surface area contributed by atoms with E-state index in [0.29, 0.717) is 6.42 Å². The summed E-state index contributed by atoms with van der Waals surface area (Å²) >= 11 is 0. The Morgan fingerprint density at radius 1 is 0.913 bits per heavy atom. The van der Waals surface area contributed by atoms with Crippen LogP contribution in [0.15, 0.2) is 72.8 Å². The van der Waals surface area contributed by atoms with Crippen LogP contribution in [0.2, 0.25) is 0 Å². The summed E-state index contributed by atoms with van der Waals surface area (Å²) in [6.45, 7) is 0. The minimum atomic E-state index is -0.959. The van der Waals surface area contributed by atoms with Crippen LogP contribution < -0.4 is 11.5 Å². The van der Waals surface area contributed by atoms with Crippen LogP contribution in [0.5, 0.6) is 0 Å². The normalized spacial score (nSPS) is 11.3. The van der Waals surface area contributed by atoms with Crippen molar-refractivity contribution >= 4 is 22.4 Å². The predicted octanol–water partition coefficient (Wildman–Crippen LogP) is 3.06. The van der Waals surface area contributed by atoms with Gasteiger partial charge in [0.15, 0.2) is 0 Å². The fourth-order valence-electron chi connectivity index (χ4n) is 2.16. The van der Waals surface area contributed by atoms with Crippen molar-refractivity contribution in [3.63, 3.8) is 0 Å². The van der Waals surface area contributed by atoms with E-state index in [1.165, 1.54) is 10.8 Å². The number of carbonyl (C=O) groups is 1. The standard InChI is InChI=1S/C10H9N.C9H11NO2/c11-10-6-5-8-3-1-2-4-9(8)7-10;10-8(9(11)12)6-7-4-2-1-3-5-7/h1-7H,11H2;1-5,8H,6,10H2,(H,11,12)/t;8-/m.0/s1. The maximum Gasteiger partial charge on any atom is 0.320 e. The highest BCUT2D eigenvalue weighted by atomic mass is 16.4. The third-order valence-corrected chi connectivity index (χ3v) is 3.39. The summed E-state index contributed by atoms with van der Waals surface area (Å²) in [5, 5.41) is 11.0. The third kappa shape index (κ3) is 5.13. The second-order valence-corrected chi connectivity index (χ2v) is 5.24. The zero-order chi connectivity index (χ0) is 16.7. The maximum atomic E-state index is 10.4. The molecule has 23 heavy (non-hydrogen) atoms. The first kappa shape index (κ1) is 16.5. The third-order valence-electron chi connectivity index (χ3n) is 3.39. The van der Waals surface area contributed by atoms with Gasteiger partial charge < -0.3 is 16.6 Å². The Kier molecular flexibility index (Phi) is 5.72. The number of nitrogen functional groups attached to an aromatic ring is 1. The molecular formula is C19H20N2O2.